The number of aryl methyl sites for hydroxylation is 2. The maximum atomic E-state index is 12.8. The minimum absolute atomic E-state index is 0.0864. The predicted octanol–water partition coefficient (Wildman–Crippen LogP) is 3.29. The number of benzene rings is 1. The van der Waals surface area contributed by atoms with Gasteiger partial charge in [0.25, 0.3) is 5.91 Å². The van der Waals surface area contributed by atoms with Crippen molar-refractivity contribution < 1.29 is 9.32 Å². The molecule has 0 bridgehead atoms. The van der Waals surface area contributed by atoms with Crippen molar-refractivity contribution in [3.8, 4) is 0 Å². The van der Waals surface area contributed by atoms with Crippen LogP contribution in [0.5, 0.6) is 0 Å². The van der Waals surface area contributed by atoms with E-state index in [1.165, 1.54) is 0 Å². The first-order valence-electron chi connectivity index (χ1n) is 8.23. The zero-order valence-corrected chi connectivity index (χ0v) is 14.8. The van der Waals surface area contributed by atoms with Crippen LogP contribution in [0.1, 0.15) is 33.8 Å². The average Bonchev–Trinajstić information content (AvgIpc) is 2.80. The summed E-state index contributed by atoms with van der Waals surface area (Å²) in [6.45, 7) is 7.87. The molecule has 1 amide bonds. The topological polar surface area (TPSA) is 49.6 Å². The number of aromatic nitrogens is 1. The number of nitrogens with zero attached hydrogens (tertiary/aromatic N) is 3. The molecule has 6 heteroatoms. The number of carbonyl (C=O) groups excluding carboxylic acids is 1. The number of rotatable bonds is 3. The van der Waals surface area contributed by atoms with E-state index in [-0.39, 0.29) is 5.91 Å². The van der Waals surface area contributed by atoms with Crippen LogP contribution in [0.15, 0.2) is 28.8 Å². The molecule has 0 spiro atoms. The first-order valence-corrected chi connectivity index (χ1v) is 8.61. The second kappa shape index (κ2) is 7.36. The number of amides is 1. The highest BCUT2D eigenvalue weighted by Gasteiger charge is 2.22. The summed E-state index contributed by atoms with van der Waals surface area (Å²) in [6.07, 6.45) is 0.954. The molecule has 0 aliphatic carbocycles. The van der Waals surface area contributed by atoms with Gasteiger partial charge in [0.15, 0.2) is 0 Å². The smallest absolute Gasteiger partial charge is 0.254 e. The minimum atomic E-state index is 0.0864. The molecule has 0 saturated carbocycles. The Hall–Kier alpha value is -1.85. The molecule has 1 aliphatic heterocycles. The first-order chi connectivity index (χ1) is 11.5. The average molecular weight is 348 g/mol. The van der Waals surface area contributed by atoms with Crippen molar-refractivity contribution in [2.75, 3.05) is 26.2 Å². The van der Waals surface area contributed by atoms with Crippen LogP contribution < -0.4 is 0 Å². The summed E-state index contributed by atoms with van der Waals surface area (Å²) in [5.74, 6) is 0.915. The van der Waals surface area contributed by atoms with Gasteiger partial charge in [0.05, 0.1) is 5.69 Å². The molecule has 1 aliphatic rings. The van der Waals surface area contributed by atoms with E-state index in [1.54, 1.807) is 6.07 Å². The van der Waals surface area contributed by atoms with Crippen LogP contribution in [-0.2, 0) is 6.54 Å². The Kier molecular flexibility index (Phi) is 5.21. The lowest BCUT2D eigenvalue weighted by atomic mass is 10.1. The molecule has 1 aromatic carbocycles. The van der Waals surface area contributed by atoms with Gasteiger partial charge in [-0.25, -0.2) is 0 Å². The maximum absolute atomic E-state index is 12.8. The summed E-state index contributed by atoms with van der Waals surface area (Å²) >= 11 is 5.99. The lowest BCUT2D eigenvalue weighted by molar-refractivity contribution is 0.0760. The largest absolute Gasteiger partial charge is 0.361 e. The van der Waals surface area contributed by atoms with Gasteiger partial charge in [-0.2, -0.15) is 0 Å². The van der Waals surface area contributed by atoms with Gasteiger partial charge in [-0.3, -0.25) is 9.69 Å². The Bertz CT molecular complexity index is 729. The van der Waals surface area contributed by atoms with Crippen molar-refractivity contribution in [3.63, 3.8) is 0 Å². The van der Waals surface area contributed by atoms with Gasteiger partial charge in [0.2, 0.25) is 0 Å². The molecule has 0 unspecified atom stereocenters. The molecule has 0 atom stereocenters. The molecule has 128 valence electrons. The summed E-state index contributed by atoms with van der Waals surface area (Å²) in [4.78, 5) is 17.0. The van der Waals surface area contributed by atoms with Crippen molar-refractivity contribution in [3.05, 3.63) is 51.9 Å². The first kappa shape index (κ1) is 17.0. The highest BCUT2D eigenvalue weighted by atomic mass is 35.5. The van der Waals surface area contributed by atoms with E-state index in [2.05, 4.69) is 10.1 Å². The van der Waals surface area contributed by atoms with Crippen LogP contribution >= 0.6 is 11.6 Å². The van der Waals surface area contributed by atoms with Gasteiger partial charge >= 0.3 is 0 Å². The van der Waals surface area contributed by atoms with E-state index in [0.717, 1.165) is 61.7 Å². The summed E-state index contributed by atoms with van der Waals surface area (Å²) in [5.41, 5.74) is 2.60. The number of halogens is 1. The Morgan fingerprint density at radius 1 is 1.21 bits per heavy atom. The van der Waals surface area contributed by atoms with Crippen LogP contribution in [0.2, 0.25) is 5.02 Å². The molecule has 24 heavy (non-hydrogen) atoms. The SMILES string of the molecule is Cc1cc(CN2CCCN(C(=O)c3ccc(Cl)cc3C)CC2)no1. The maximum Gasteiger partial charge on any atom is 0.254 e. The van der Waals surface area contributed by atoms with Crippen molar-refractivity contribution in [1.82, 2.24) is 15.0 Å². The van der Waals surface area contributed by atoms with Crippen LogP contribution in [0.4, 0.5) is 0 Å². The molecular weight excluding hydrogens is 326 g/mol. The van der Waals surface area contributed by atoms with E-state index in [1.807, 2.05) is 36.9 Å². The monoisotopic (exact) mass is 347 g/mol. The molecule has 0 radical (unpaired) electrons. The van der Waals surface area contributed by atoms with Gasteiger partial charge < -0.3 is 9.42 Å². The molecule has 1 saturated heterocycles. The Morgan fingerprint density at radius 2 is 2.04 bits per heavy atom. The summed E-state index contributed by atoms with van der Waals surface area (Å²) < 4.78 is 5.13. The Morgan fingerprint density at radius 3 is 2.75 bits per heavy atom. The van der Waals surface area contributed by atoms with E-state index in [0.29, 0.717) is 5.02 Å². The van der Waals surface area contributed by atoms with Crippen LogP contribution in [0.25, 0.3) is 0 Å². The molecular formula is C18H22ClN3O2. The predicted molar refractivity (Wildman–Crippen MR) is 93.2 cm³/mol. The molecule has 0 N–H and O–H groups in total. The van der Waals surface area contributed by atoms with Gasteiger partial charge in [-0.05, 0) is 44.0 Å². The summed E-state index contributed by atoms with van der Waals surface area (Å²) in [5, 5.41) is 4.71. The van der Waals surface area contributed by atoms with Gasteiger partial charge in [0.1, 0.15) is 5.76 Å². The lowest BCUT2D eigenvalue weighted by Gasteiger charge is -2.22. The highest BCUT2D eigenvalue weighted by molar-refractivity contribution is 6.30. The number of hydrogen-bond acceptors (Lipinski definition) is 4. The van der Waals surface area contributed by atoms with Crippen LogP contribution in [0, 0.1) is 13.8 Å². The Labute approximate surface area is 147 Å². The Balaban J connectivity index is 1.63. The van der Waals surface area contributed by atoms with Crippen molar-refractivity contribution in [2.24, 2.45) is 0 Å². The molecule has 1 fully saturated rings. The quantitative estimate of drug-likeness (QED) is 0.854. The van der Waals surface area contributed by atoms with E-state index in [9.17, 15) is 4.79 Å². The third kappa shape index (κ3) is 3.97. The minimum Gasteiger partial charge on any atom is -0.361 e. The van der Waals surface area contributed by atoms with Crippen LogP contribution in [0.3, 0.4) is 0 Å². The molecule has 3 rings (SSSR count). The zero-order valence-electron chi connectivity index (χ0n) is 14.1. The van der Waals surface area contributed by atoms with Gasteiger partial charge in [0, 0.05) is 49.4 Å². The second-order valence-electron chi connectivity index (χ2n) is 6.31. The second-order valence-corrected chi connectivity index (χ2v) is 6.75. The normalized spacial score (nSPS) is 16.2. The molecule has 2 heterocycles. The van der Waals surface area contributed by atoms with Crippen molar-refractivity contribution in [2.45, 2.75) is 26.8 Å². The van der Waals surface area contributed by atoms with Crippen LogP contribution in [-0.4, -0.2) is 47.0 Å². The molecule has 5 nitrogen and oxygen atoms in total. The summed E-state index contributed by atoms with van der Waals surface area (Å²) in [7, 11) is 0. The lowest BCUT2D eigenvalue weighted by Crippen LogP contribution is -2.35. The fourth-order valence-electron chi connectivity index (χ4n) is 3.09. The summed E-state index contributed by atoms with van der Waals surface area (Å²) in [6, 6.07) is 7.40. The highest BCUT2D eigenvalue weighted by Crippen LogP contribution is 2.18. The van der Waals surface area contributed by atoms with E-state index in [4.69, 9.17) is 16.1 Å². The fraction of sp³-hybridized carbons (Fsp3) is 0.444. The molecule has 2 aromatic rings. The molecule has 1 aromatic heterocycles. The number of hydrogen-bond donors (Lipinski definition) is 0. The van der Waals surface area contributed by atoms with Crippen molar-refractivity contribution in [1.29, 1.82) is 0 Å². The number of carbonyl (C=O) groups is 1. The van der Waals surface area contributed by atoms with Gasteiger partial charge in [-0.1, -0.05) is 16.8 Å². The van der Waals surface area contributed by atoms with Crippen molar-refractivity contribution >= 4 is 17.5 Å². The standard InChI is InChI=1S/C18H22ClN3O2/c1-13-10-15(19)4-5-17(13)18(23)22-7-3-6-21(8-9-22)12-16-11-14(2)24-20-16/h4-5,10-11H,3,6-9,12H2,1-2H3. The van der Waals surface area contributed by atoms with Gasteiger partial charge in [-0.15, -0.1) is 0 Å². The van der Waals surface area contributed by atoms with E-state index < -0.39 is 0 Å². The van der Waals surface area contributed by atoms with E-state index >= 15 is 0 Å². The zero-order chi connectivity index (χ0) is 17.1. The third-order valence-electron chi connectivity index (χ3n) is 4.36. The third-order valence-corrected chi connectivity index (χ3v) is 4.59. The fourth-order valence-corrected chi connectivity index (χ4v) is 3.32.